The highest BCUT2D eigenvalue weighted by atomic mass is 32.1. The summed E-state index contributed by atoms with van der Waals surface area (Å²) in [6.45, 7) is 3.76. The van der Waals surface area contributed by atoms with Crippen molar-refractivity contribution in [1.29, 1.82) is 0 Å². The van der Waals surface area contributed by atoms with Crippen LogP contribution in [0.5, 0.6) is 0 Å². The predicted molar refractivity (Wildman–Crippen MR) is 111 cm³/mol. The summed E-state index contributed by atoms with van der Waals surface area (Å²) < 4.78 is 5.20. The summed E-state index contributed by atoms with van der Waals surface area (Å²) in [5.41, 5.74) is 4.58. The van der Waals surface area contributed by atoms with Gasteiger partial charge in [-0.15, -0.1) is 11.3 Å². The Morgan fingerprint density at radius 1 is 1.17 bits per heavy atom. The van der Waals surface area contributed by atoms with Crippen molar-refractivity contribution in [1.82, 2.24) is 21.1 Å². The summed E-state index contributed by atoms with van der Waals surface area (Å²) >= 11 is 1.36. The van der Waals surface area contributed by atoms with Crippen molar-refractivity contribution in [3.8, 4) is 0 Å². The van der Waals surface area contributed by atoms with E-state index in [1.54, 1.807) is 16.4 Å². The van der Waals surface area contributed by atoms with Gasteiger partial charge >= 0.3 is 6.09 Å². The first kappa shape index (κ1) is 23.3. The molecule has 1 aromatic carbocycles. The molecule has 0 spiro atoms. The number of carbonyl (C=O) groups excluding carboxylic acids is 3. The van der Waals surface area contributed by atoms with E-state index in [0.29, 0.717) is 12.1 Å². The Bertz CT molecular complexity index is 816. The maximum atomic E-state index is 12.9. The zero-order chi connectivity index (χ0) is 21.9. The molecule has 4 N–H and O–H groups in total. The fourth-order valence-corrected chi connectivity index (χ4v) is 3.26. The molecule has 3 amide bonds. The minimum Gasteiger partial charge on any atom is -0.445 e. The van der Waals surface area contributed by atoms with Gasteiger partial charge in [-0.2, -0.15) is 0 Å². The van der Waals surface area contributed by atoms with Gasteiger partial charge in [0.05, 0.1) is 11.2 Å². The van der Waals surface area contributed by atoms with Crippen LogP contribution in [0.1, 0.15) is 31.5 Å². The van der Waals surface area contributed by atoms with Gasteiger partial charge < -0.3 is 15.4 Å². The molecule has 0 saturated heterocycles. The van der Waals surface area contributed by atoms with Crippen LogP contribution in [0.2, 0.25) is 0 Å². The number of hydrogen-bond donors (Lipinski definition) is 4. The van der Waals surface area contributed by atoms with E-state index >= 15 is 0 Å². The van der Waals surface area contributed by atoms with Crippen LogP contribution in [0.3, 0.4) is 0 Å². The Morgan fingerprint density at radius 3 is 2.50 bits per heavy atom. The smallest absolute Gasteiger partial charge is 0.408 e. The molecular formula is C20H26N4O5S. The molecule has 2 rings (SSSR count). The first-order valence-electron chi connectivity index (χ1n) is 9.53. The van der Waals surface area contributed by atoms with Crippen LogP contribution in [-0.2, 0) is 27.4 Å². The highest BCUT2D eigenvalue weighted by molar-refractivity contribution is 7.07. The summed E-state index contributed by atoms with van der Waals surface area (Å²) in [6.07, 6.45) is -0.0187. The number of ether oxygens (including phenoxy) is 1. The largest absolute Gasteiger partial charge is 0.445 e. The van der Waals surface area contributed by atoms with Gasteiger partial charge in [0.25, 0.3) is 5.91 Å². The summed E-state index contributed by atoms with van der Waals surface area (Å²) in [5.74, 6) is -1.54. The number of alkyl carbamates (subject to hydrolysis) is 1. The third kappa shape index (κ3) is 7.12. The van der Waals surface area contributed by atoms with Crippen LogP contribution in [0.15, 0.2) is 41.2 Å². The Morgan fingerprint density at radius 2 is 1.90 bits per heavy atom. The lowest BCUT2D eigenvalue weighted by Gasteiger charge is -2.25. The standard InChI is InChI=1S/C20H26N4O5S/c1-3-13(2)17(23-20(27)29-10-14-7-5-4-6-8-14)19(26)22-16(18(25)24-28)9-15-11-30-12-21-15/h4-8,11-13,16-17,28H,3,9-10H2,1-2H3,(H,22,26)(H,23,27)(H,24,25)/t13-,16-,17-/m0/s1. The number of carbonyl (C=O) groups is 3. The number of hydroxylamine groups is 1. The summed E-state index contributed by atoms with van der Waals surface area (Å²) in [4.78, 5) is 41.2. The lowest BCUT2D eigenvalue weighted by atomic mass is 9.98. The molecule has 0 aliphatic heterocycles. The zero-order valence-electron chi connectivity index (χ0n) is 16.8. The average Bonchev–Trinajstić information content (AvgIpc) is 3.28. The zero-order valence-corrected chi connectivity index (χ0v) is 17.6. The molecule has 0 radical (unpaired) electrons. The minimum absolute atomic E-state index is 0.0703. The molecule has 0 aliphatic carbocycles. The molecule has 0 bridgehead atoms. The predicted octanol–water partition coefficient (Wildman–Crippen LogP) is 2.02. The van der Waals surface area contributed by atoms with E-state index in [4.69, 9.17) is 9.94 Å². The molecule has 10 heteroatoms. The fourth-order valence-electron chi connectivity index (χ4n) is 2.69. The Labute approximate surface area is 178 Å². The van der Waals surface area contributed by atoms with Crippen molar-refractivity contribution in [3.63, 3.8) is 0 Å². The molecule has 1 heterocycles. The van der Waals surface area contributed by atoms with Crippen LogP contribution >= 0.6 is 11.3 Å². The maximum Gasteiger partial charge on any atom is 0.408 e. The maximum absolute atomic E-state index is 12.9. The van der Waals surface area contributed by atoms with Gasteiger partial charge in [-0.3, -0.25) is 14.8 Å². The fraction of sp³-hybridized carbons (Fsp3) is 0.400. The number of aromatic nitrogens is 1. The SMILES string of the molecule is CC[C@H](C)[C@H](NC(=O)OCc1ccccc1)C(=O)N[C@@H](Cc1cscn1)C(=O)NO. The minimum atomic E-state index is -1.04. The van der Waals surface area contributed by atoms with E-state index in [-0.39, 0.29) is 18.9 Å². The second-order valence-corrected chi connectivity index (χ2v) is 7.51. The first-order valence-corrected chi connectivity index (χ1v) is 10.5. The third-order valence-corrected chi connectivity index (χ3v) is 5.26. The summed E-state index contributed by atoms with van der Waals surface area (Å²) in [5, 5.41) is 15.9. The number of thiazole rings is 1. The molecule has 0 unspecified atom stereocenters. The number of hydrogen-bond acceptors (Lipinski definition) is 7. The molecule has 30 heavy (non-hydrogen) atoms. The van der Waals surface area contributed by atoms with Gasteiger partial charge in [0.1, 0.15) is 18.7 Å². The summed E-state index contributed by atoms with van der Waals surface area (Å²) in [7, 11) is 0. The van der Waals surface area contributed by atoms with Crippen molar-refractivity contribution >= 4 is 29.2 Å². The van der Waals surface area contributed by atoms with Gasteiger partial charge in [-0.05, 0) is 11.5 Å². The molecule has 1 aromatic heterocycles. The van der Waals surface area contributed by atoms with Crippen LogP contribution in [0.25, 0.3) is 0 Å². The number of nitrogens with zero attached hydrogens (tertiary/aromatic N) is 1. The van der Waals surface area contributed by atoms with Crippen LogP contribution in [-0.4, -0.2) is 40.2 Å². The van der Waals surface area contributed by atoms with Gasteiger partial charge in [-0.1, -0.05) is 50.6 Å². The van der Waals surface area contributed by atoms with Gasteiger partial charge in [-0.25, -0.2) is 15.3 Å². The highest BCUT2D eigenvalue weighted by Crippen LogP contribution is 2.11. The average molecular weight is 435 g/mol. The molecule has 162 valence electrons. The van der Waals surface area contributed by atoms with Gasteiger partial charge in [0.15, 0.2) is 0 Å². The van der Waals surface area contributed by atoms with Crippen molar-refractivity contribution in [3.05, 3.63) is 52.5 Å². The lowest BCUT2D eigenvalue weighted by Crippen LogP contribution is -2.56. The molecule has 0 aliphatic rings. The van der Waals surface area contributed by atoms with Crippen LogP contribution in [0.4, 0.5) is 4.79 Å². The quantitative estimate of drug-likeness (QED) is 0.334. The van der Waals surface area contributed by atoms with Crippen molar-refractivity contribution in [2.45, 2.75) is 45.4 Å². The Balaban J connectivity index is 2.01. The van der Waals surface area contributed by atoms with Crippen LogP contribution < -0.4 is 16.1 Å². The van der Waals surface area contributed by atoms with Crippen molar-refractivity contribution in [2.75, 3.05) is 0 Å². The van der Waals surface area contributed by atoms with Gasteiger partial charge in [0, 0.05) is 11.8 Å². The van der Waals surface area contributed by atoms with E-state index in [0.717, 1.165) is 5.56 Å². The topological polar surface area (TPSA) is 130 Å². The van der Waals surface area contributed by atoms with Crippen LogP contribution in [0, 0.1) is 5.92 Å². The van der Waals surface area contributed by atoms with E-state index in [1.165, 1.54) is 11.3 Å². The normalized spacial score (nSPS) is 13.6. The number of amides is 3. The molecule has 3 atom stereocenters. The Hall–Kier alpha value is -2.98. The van der Waals surface area contributed by atoms with Gasteiger partial charge in [0.2, 0.25) is 5.91 Å². The third-order valence-electron chi connectivity index (χ3n) is 4.62. The van der Waals surface area contributed by atoms with E-state index in [1.807, 2.05) is 44.2 Å². The molecule has 0 saturated carbocycles. The highest BCUT2D eigenvalue weighted by Gasteiger charge is 2.30. The van der Waals surface area contributed by atoms with E-state index in [2.05, 4.69) is 15.6 Å². The molecule has 9 nitrogen and oxygen atoms in total. The number of benzene rings is 1. The van der Waals surface area contributed by atoms with E-state index < -0.39 is 30.0 Å². The first-order chi connectivity index (χ1) is 14.4. The molecule has 0 fully saturated rings. The molecular weight excluding hydrogens is 408 g/mol. The Kier molecular flexibility index (Phi) is 9.23. The van der Waals surface area contributed by atoms with Crippen molar-refractivity contribution in [2.24, 2.45) is 5.92 Å². The monoisotopic (exact) mass is 434 g/mol. The second-order valence-electron chi connectivity index (χ2n) is 6.79. The lowest BCUT2D eigenvalue weighted by molar-refractivity contribution is -0.135. The molecule has 2 aromatic rings. The number of rotatable bonds is 10. The summed E-state index contributed by atoms with van der Waals surface area (Å²) in [6, 6.07) is 7.21. The van der Waals surface area contributed by atoms with Crippen molar-refractivity contribution < 1.29 is 24.3 Å². The number of nitrogens with one attached hydrogen (secondary N) is 3. The second kappa shape index (κ2) is 11.9. The van der Waals surface area contributed by atoms with E-state index in [9.17, 15) is 14.4 Å².